The number of halogens is 1. The van der Waals surface area contributed by atoms with Gasteiger partial charge in [0.1, 0.15) is 0 Å². The lowest BCUT2D eigenvalue weighted by atomic mass is 9.73. The van der Waals surface area contributed by atoms with Crippen LogP contribution in [-0.4, -0.2) is 17.3 Å². The molecule has 0 aromatic rings. The summed E-state index contributed by atoms with van der Waals surface area (Å²) in [6.45, 7) is 2.13. The van der Waals surface area contributed by atoms with Gasteiger partial charge >= 0.3 is 0 Å². The summed E-state index contributed by atoms with van der Waals surface area (Å²) in [4.78, 5) is 12.6. The molecular weight excluding hydrogens is 246 g/mol. The fourth-order valence-corrected chi connectivity index (χ4v) is 3.81. The molecule has 0 aliphatic heterocycles. The third kappa shape index (κ3) is 3.01. The third-order valence-corrected chi connectivity index (χ3v) is 5.46. The Kier molecular flexibility index (Phi) is 4.58. The number of alkyl halides is 1. The zero-order chi connectivity index (χ0) is 13.1. The molecule has 2 nitrogen and oxygen atoms in total. The zero-order valence-electron chi connectivity index (χ0n) is 11.6. The first-order chi connectivity index (χ1) is 8.60. The minimum absolute atomic E-state index is 0.114. The molecular formula is C15H26ClNO. The largest absolute Gasteiger partial charge is 0.349 e. The van der Waals surface area contributed by atoms with E-state index >= 15 is 0 Å². The second kappa shape index (κ2) is 5.81. The Bertz CT molecular complexity index is 291. The highest BCUT2D eigenvalue weighted by molar-refractivity contribution is 6.18. The van der Waals surface area contributed by atoms with Crippen LogP contribution in [0.1, 0.15) is 71.1 Å². The molecule has 0 heterocycles. The van der Waals surface area contributed by atoms with E-state index in [0.717, 1.165) is 25.7 Å². The molecule has 0 saturated heterocycles. The van der Waals surface area contributed by atoms with Gasteiger partial charge in [-0.05, 0) is 25.7 Å². The molecule has 0 bridgehead atoms. The van der Waals surface area contributed by atoms with Gasteiger partial charge in [-0.25, -0.2) is 0 Å². The van der Waals surface area contributed by atoms with Crippen LogP contribution >= 0.6 is 11.6 Å². The van der Waals surface area contributed by atoms with Crippen LogP contribution < -0.4 is 5.32 Å². The first kappa shape index (κ1) is 14.2. The highest BCUT2D eigenvalue weighted by Crippen LogP contribution is 2.38. The van der Waals surface area contributed by atoms with Crippen molar-refractivity contribution >= 4 is 17.5 Å². The van der Waals surface area contributed by atoms with Gasteiger partial charge in [0, 0.05) is 11.3 Å². The highest BCUT2D eigenvalue weighted by atomic mass is 35.5. The molecule has 1 N–H and O–H groups in total. The van der Waals surface area contributed by atoms with E-state index in [0.29, 0.717) is 5.88 Å². The van der Waals surface area contributed by atoms with Crippen LogP contribution in [0, 0.1) is 5.41 Å². The maximum absolute atomic E-state index is 12.6. The van der Waals surface area contributed by atoms with Crippen LogP contribution in [0.25, 0.3) is 0 Å². The maximum Gasteiger partial charge on any atom is 0.226 e. The molecule has 2 rings (SSSR count). The van der Waals surface area contributed by atoms with E-state index in [1.165, 1.54) is 38.5 Å². The number of carbonyl (C=O) groups is 1. The highest BCUT2D eigenvalue weighted by Gasteiger charge is 2.40. The van der Waals surface area contributed by atoms with Gasteiger partial charge in [0.2, 0.25) is 5.91 Å². The predicted molar refractivity (Wildman–Crippen MR) is 75.9 cm³/mol. The molecule has 3 heteroatoms. The van der Waals surface area contributed by atoms with Gasteiger partial charge in [-0.1, -0.05) is 45.4 Å². The molecule has 0 aromatic carbocycles. The number of hydrogen-bond donors (Lipinski definition) is 1. The molecule has 0 aromatic heterocycles. The van der Waals surface area contributed by atoms with E-state index in [9.17, 15) is 4.79 Å². The van der Waals surface area contributed by atoms with Gasteiger partial charge in [-0.3, -0.25) is 4.79 Å². The molecule has 2 aliphatic carbocycles. The van der Waals surface area contributed by atoms with Gasteiger partial charge < -0.3 is 5.32 Å². The number of nitrogens with one attached hydrogen (secondary N) is 1. The summed E-state index contributed by atoms with van der Waals surface area (Å²) in [6, 6.07) is 0. The summed E-state index contributed by atoms with van der Waals surface area (Å²) in [5.74, 6) is 0.819. The summed E-state index contributed by atoms with van der Waals surface area (Å²) >= 11 is 6.15. The number of amides is 1. The molecule has 18 heavy (non-hydrogen) atoms. The van der Waals surface area contributed by atoms with Gasteiger partial charge in [0.25, 0.3) is 0 Å². The van der Waals surface area contributed by atoms with Crippen molar-refractivity contribution in [3.05, 3.63) is 0 Å². The Labute approximate surface area is 116 Å². The van der Waals surface area contributed by atoms with E-state index < -0.39 is 0 Å². The topological polar surface area (TPSA) is 29.1 Å². The van der Waals surface area contributed by atoms with Crippen LogP contribution in [0.2, 0.25) is 0 Å². The lowest BCUT2D eigenvalue weighted by molar-refractivity contribution is -0.134. The normalized spacial score (nSPS) is 26.6. The molecule has 0 atom stereocenters. The van der Waals surface area contributed by atoms with Crippen LogP contribution in [0.4, 0.5) is 0 Å². The van der Waals surface area contributed by atoms with Crippen molar-refractivity contribution in [1.82, 2.24) is 5.32 Å². The van der Waals surface area contributed by atoms with Crippen LogP contribution in [-0.2, 0) is 4.79 Å². The maximum atomic E-state index is 12.6. The predicted octanol–water partition coefficient (Wildman–Crippen LogP) is 4.01. The SMILES string of the molecule is CC1(C(=O)NC2(CCl)CCCCC2)CCCCC1. The molecule has 1 amide bonds. The Hall–Kier alpha value is -0.240. The summed E-state index contributed by atoms with van der Waals surface area (Å²) in [5.41, 5.74) is -0.258. The fourth-order valence-electron chi connectivity index (χ4n) is 3.47. The lowest BCUT2D eigenvalue weighted by Crippen LogP contribution is -2.55. The van der Waals surface area contributed by atoms with E-state index in [2.05, 4.69) is 12.2 Å². The second-order valence-electron chi connectivity index (χ2n) is 6.55. The van der Waals surface area contributed by atoms with Gasteiger partial charge in [-0.2, -0.15) is 0 Å². The van der Waals surface area contributed by atoms with E-state index in [1.54, 1.807) is 0 Å². The summed E-state index contributed by atoms with van der Waals surface area (Å²) in [5, 5.41) is 3.32. The van der Waals surface area contributed by atoms with Crippen LogP contribution in [0.15, 0.2) is 0 Å². The van der Waals surface area contributed by atoms with E-state index in [-0.39, 0.29) is 16.9 Å². The minimum atomic E-state index is -0.144. The third-order valence-electron chi connectivity index (χ3n) is 4.95. The molecule has 0 radical (unpaired) electrons. The first-order valence-electron chi connectivity index (χ1n) is 7.49. The van der Waals surface area contributed by atoms with Crippen molar-refractivity contribution in [2.45, 2.75) is 76.7 Å². The number of hydrogen-bond acceptors (Lipinski definition) is 1. The molecule has 2 fully saturated rings. The van der Waals surface area contributed by atoms with Crippen LogP contribution in [0.3, 0.4) is 0 Å². The fraction of sp³-hybridized carbons (Fsp3) is 0.933. The smallest absolute Gasteiger partial charge is 0.226 e. The molecule has 2 aliphatic rings. The Morgan fingerprint density at radius 1 is 1.00 bits per heavy atom. The Morgan fingerprint density at radius 2 is 1.50 bits per heavy atom. The summed E-state index contributed by atoms with van der Waals surface area (Å²) in [7, 11) is 0. The van der Waals surface area contributed by atoms with Crippen molar-refractivity contribution in [2.24, 2.45) is 5.41 Å². The number of carbonyl (C=O) groups excluding carboxylic acids is 1. The van der Waals surface area contributed by atoms with Gasteiger partial charge in [0.05, 0.1) is 5.54 Å². The van der Waals surface area contributed by atoms with Crippen molar-refractivity contribution < 1.29 is 4.79 Å². The van der Waals surface area contributed by atoms with Gasteiger partial charge in [0.15, 0.2) is 0 Å². The van der Waals surface area contributed by atoms with E-state index in [1.807, 2.05) is 0 Å². The van der Waals surface area contributed by atoms with Crippen molar-refractivity contribution in [2.75, 3.05) is 5.88 Å². The quantitative estimate of drug-likeness (QED) is 0.772. The minimum Gasteiger partial charge on any atom is -0.349 e. The molecule has 2 saturated carbocycles. The molecule has 0 spiro atoms. The van der Waals surface area contributed by atoms with Crippen molar-refractivity contribution in [3.63, 3.8) is 0 Å². The van der Waals surface area contributed by atoms with Crippen LogP contribution in [0.5, 0.6) is 0 Å². The molecule has 104 valence electrons. The standard InChI is InChI=1S/C15H26ClNO/c1-14(8-4-2-5-9-14)13(18)17-15(12-16)10-6-3-7-11-15/h2-12H2,1H3,(H,17,18). The average molecular weight is 272 g/mol. The van der Waals surface area contributed by atoms with Gasteiger partial charge in [-0.15, -0.1) is 11.6 Å². The zero-order valence-corrected chi connectivity index (χ0v) is 12.3. The molecule has 0 unspecified atom stereocenters. The lowest BCUT2D eigenvalue weighted by Gasteiger charge is -2.41. The summed E-state index contributed by atoms with van der Waals surface area (Å²) < 4.78 is 0. The van der Waals surface area contributed by atoms with E-state index in [4.69, 9.17) is 11.6 Å². The van der Waals surface area contributed by atoms with Crippen molar-refractivity contribution in [1.29, 1.82) is 0 Å². The summed E-state index contributed by atoms with van der Waals surface area (Å²) in [6.07, 6.45) is 11.5. The van der Waals surface area contributed by atoms with Crippen molar-refractivity contribution in [3.8, 4) is 0 Å². The monoisotopic (exact) mass is 271 g/mol. The Balaban J connectivity index is 2.00. The first-order valence-corrected chi connectivity index (χ1v) is 8.02. The Morgan fingerprint density at radius 3 is 2.00 bits per heavy atom. The second-order valence-corrected chi connectivity index (χ2v) is 6.82. The number of rotatable bonds is 3. The average Bonchev–Trinajstić information content (AvgIpc) is 2.40.